The topological polar surface area (TPSA) is 59.0 Å². The number of carbonyl (C=O) groups excluding carboxylic acids is 1. The van der Waals surface area contributed by atoms with Crippen molar-refractivity contribution in [2.45, 2.75) is 39.7 Å². The lowest BCUT2D eigenvalue weighted by molar-refractivity contribution is -0.140. The van der Waals surface area contributed by atoms with E-state index in [4.69, 9.17) is 9.47 Å². The van der Waals surface area contributed by atoms with E-state index < -0.39 is 6.10 Å². The first-order chi connectivity index (χ1) is 11.4. The van der Waals surface area contributed by atoms with Gasteiger partial charge >= 0.3 is 0 Å². The van der Waals surface area contributed by atoms with Crippen molar-refractivity contribution in [3.8, 4) is 5.75 Å². The number of likely N-dealkylation sites (N-methyl/N-ethyl adjacent to an activating group) is 1. The molecule has 1 N–H and O–H groups in total. The normalized spacial score (nSPS) is 18.0. The van der Waals surface area contributed by atoms with Crippen molar-refractivity contribution < 1.29 is 19.4 Å². The van der Waals surface area contributed by atoms with Crippen LogP contribution in [0, 0.1) is 19.3 Å². The Labute approximate surface area is 144 Å². The van der Waals surface area contributed by atoms with Gasteiger partial charge in [0.2, 0.25) is 0 Å². The number of benzene rings is 1. The van der Waals surface area contributed by atoms with Crippen molar-refractivity contribution in [2.24, 2.45) is 5.41 Å². The molecule has 0 saturated carbocycles. The molecule has 1 heterocycles. The molecule has 1 aromatic carbocycles. The number of amides is 1. The largest absolute Gasteiger partial charge is 0.481 e. The van der Waals surface area contributed by atoms with Gasteiger partial charge in [-0.2, -0.15) is 0 Å². The molecule has 134 valence electrons. The van der Waals surface area contributed by atoms with Crippen molar-refractivity contribution in [2.75, 3.05) is 33.4 Å². The van der Waals surface area contributed by atoms with Gasteiger partial charge in [-0.25, -0.2) is 0 Å². The molecule has 1 aliphatic heterocycles. The Morgan fingerprint density at radius 1 is 1.38 bits per heavy atom. The highest BCUT2D eigenvalue weighted by molar-refractivity contribution is 5.80. The molecule has 0 aromatic heterocycles. The van der Waals surface area contributed by atoms with Crippen molar-refractivity contribution in [1.82, 2.24) is 4.90 Å². The van der Waals surface area contributed by atoms with E-state index in [1.807, 2.05) is 32.0 Å². The number of aliphatic hydroxyl groups excluding tert-OH is 1. The predicted octanol–water partition coefficient (Wildman–Crippen LogP) is 2.32. The van der Waals surface area contributed by atoms with Crippen LogP contribution in [0.1, 0.15) is 30.9 Å². The molecular formula is C19H29NO4. The van der Waals surface area contributed by atoms with Gasteiger partial charge in [0.1, 0.15) is 5.75 Å². The van der Waals surface area contributed by atoms with E-state index >= 15 is 0 Å². The minimum Gasteiger partial charge on any atom is -0.481 e. The van der Waals surface area contributed by atoms with Crippen LogP contribution in [0.4, 0.5) is 0 Å². The van der Waals surface area contributed by atoms with E-state index in [1.54, 1.807) is 18.9 Å². The first kappa shape index (κ1) is 18.7. The third-order valence-electron chi connectivity index (χ3n) is 4.83. The van der Waals surface area contributed by atoms with Gasteiger partial charge in [0.25, 0.3) is 5.91 Å². The number of aryl methyl sites for hydroxylation is 2. The lowest BCUT2D eigenvalue weighted by atomic mass is 9.80. The molecule has 0 aliphatic carbocycles. The number of carbonyl (C=O) groups is 1. The number of hydrogen-bond donors (Lipinski definition) is 1. The molecule has 0 unspecified atom stereocenters. The summed E-state index contributed by atoms with van der Waals surface area (Å²) in [6, 6.07) is 5.97. The molecule has 5 nitrogen and oxygen atoms in total. The van der Waals surface area contributed by atoms with Crippen LogP contribution in [0.15, 0.2) is 18.2 Å². The second-order valence-corrected chi connectivity index (χ2v) is 6.99. The second kappa shape index (κ2) is 7.99. The summed E-state index contributed by atoms with van der Waals surface area (Å²) in [4.78, 5) is 14.3. The van der Waals surface area contributed by atoms with Gasteiger partial charge in [-0.15, -0.1) is 0 Å². The third kappa shape index (κ3) is 4.48. The van der Waals surface area contributed by atoms with Gasteiger partial charge in [0.05, 0.1) is 6.61 Å². The molecule has 1 fully saturated rings. The van der Waals surface area contributed by atoms with Gasteiger partial charge in [0, 0.05) is 32.2 Å². The van der Waals surface area contributed by atoms with E-state index in [2.05, 4.69) is 0 Å². The number of ether oxygens (including phenoxy) is 2. The Kier molecular flexibility index (Phi) is 6.24. The lowest BCUT2D eigenvalue weighted by Crippen LogP contribution is -2.47. The Hall–Kier alpha value is -1.59. The van der Waals surface area contributed by atoms with Crippen LogP contribution in [-0.4, -0.2) is 55.4 Å². The first-order valence-corrected chi connectivity index (χ1v) is 8.54. The number of hydrogen-bond acceptors (Lipinski definition) is 4. The summed E-state index contributed by atoms with van der Waals surface area (Å²) in [5, 5.41) is 9.79. The van der Waals surface area contributed by atoms with E-state index in [0.29, 0.717) is 19.8 Å². The van der Waals surface area contributed by atoms with Crippen molar-refractivity contribution in [3.63, 3.8) is 0 Å². The number of nitrogens with zero attached hydrogens (tertiary/aromatic N) is 1. The first-order valence-electron chi connectivity index (χ1n) is 8.54. The van der Waals surface area contributed by atoms with E-state index in [0.717, 1.165) is 29.7 Å². The SMILES string of the molecule is Cc1ccc(C)c(O[C@@H](C)C(=O)N(C)CC2(CO)CCOCC2)c1. The smallest absolute Gasteiger partial charge is 0.263 e. The van der Waals surface area contributed by atoms with Crippen molar-refractivity contribution in [3.05, 3.63) is 29.3 Å². The summed E-state index contributed by atoms with van der Waals surface area (Å²) in [5.41, 5.74) is 1.85. The summed E-state index contributed by atoms with van der Waals surface area (Å²) in [6.45, 7) is 7.61. The zero-order valence-electron chi connectivity index (χ0n) is 15.2. The van der Waals surface area contributed by atoms with Crippen molar-refractivity contribution >= 4 is 5.91 Å². The fraction of sp³-hybridized carbons (Fsp3) is 0.632. The Morgan fingerprint density at radius 2 is 2.04 bits per heavy atom. The molecule has 0 radical (unpaired) electrons. The minimum atomic E-state index is -0.564. The van der Waals surface area contributed by atoms with E-state index in [9.17, 15) is 9.90 Å². The minimum absolute atomic E-state index is 0.0696. The lowest BCUT2D eigenvalue weighted by Gasteiger charge is -2.39. The number of aliphatic hydroxyl groups is 1. The summed E-state index contributed by atoms with van der Waals surface area (Å²) in [5.74, 6) is 0.669. The molecule has 1 aromatic rings. The van der Waals surface area contributed by atoms with Crippen molar-refractivity contribution in [1.29, 1.82) is 0 Å². The molecule has 2 rings (SSSR count). The van der Waals surface area contributed by atoms with Gasteiger partial charge in [-0.05, 0) is 50.8 Å². The molecule has 1 saturated heterocycles. The van der Waals surface area contributed by atoms with Gasteiger partial charge in [-0.1, -0.05) is 12.1 Å². The van der Waals surface area contributed by atoms with Crippen LogP contribution < -0.4 is 4.74 Å². The summed E-state index contributed by atoms with van der Waals surface area (Å²) in [6.07, 6.45) is 0.979. The fourth-order valence-electron chi connectivity index (χ4n) is 3.14. The van der Waals surface area contributed by atoms with Gasteiger partial charge in [-0.3, -0.25) is 4.79 Å². The third-order valence-corrected chi connectivity index (χ3v) is 4.83. The zero-order chi connectivity index (χ0) is 17.7. The predicted molar refractivity (Wildman–Crippen MR) is 93.2 cm³/mol. The fourth-order valence-corrected chi connectivity index (χ4v) is 3.14. The van der Waals surface area contributed by atoms with Crippen LogP contribution >= 0.6 is 0 Å². The highest BCUT2D eigenvalue weighted by Gasteiger charge is 2.35. The Bertz CT molecular complexity index is 566. The summed E-state index contributed by atoms with van der Waals surface area (Å²) < 4.78 is 11.3. The maximum Gasteiger partial charge on any atom is 0.263 e. The molecule has 1 atom stereocenters. The van der Waals surface area contributed by atoms with Crippen LogP contribution in [0.2, 0.25) is 0 Å². The maximum absolute atomic E-state index is 12.7. The Morgan fingerprint density at radius 3 is 2.67 bits per heavy atom. The molecule has 1 aliphatic rings. The Balaban J connectivity index is 2.00. The molecular weight excluding hydrogens is 306 g/mol. The molecule has 0 spiro atoms. The number of rotatable bonds is 6. The highest BCUT2D eigenvalue weighted by Crippen LogP contribution is 2.31. The summed E-state index contributed by atoms with van der Waals surface area (Å²) in [7, 11) is 1.78. The summed E-state index contributed by atoms with van der Waals surface area (Å²) >= 11 is 0. The van der Waals surface area contributed by atoms with E-state index in [-0.39, 0.29) is 17.9 Å². The highest BCUT2D eigenvalue weighted by atomic mass is 16.5. The zero-order valence-corrected chi connectivity index (χ0v) is 15.2. The van der Waals surface area contributed by atoms with Crippen LogP contribution in [0.5, 0.6) is 5.75 Å². The van der Waals surface area contributed by atoms with Gasteiger partial charge in [0.15, 0.2) is 6.10 Å². The molecule has 5 heteroatoms. The standard InChI is InChI=1S/C19H29NO4/c1-14-5-6-15(2)17(11-14)24-16(3)18(22)20(4)12-19(13-21)7-9-23-10-8-19/h5-6,11,16,21H,7-10,12-13H2,1-4H3/t16-/m0/s1. The average molecular weight is 335 g/mol. The average Bonchev–Trinajstić information content (AvgIpc) is 2.58. The van der Waals surface area contributed by atoms with Crippen LogP contribution in [-0.2, 0) is 9.53 Å². The second-order valence-electron chi connectivity index (χ2n) is 6.99. The van der Waals surface area contributed by atoms with E-state index in [1.165, 1.54) is 0 Å². The molecule has 1 amide bonds. The molecule has 24 heavy (non-hydrogen) atoms. The van der Waals surface area contributed by atoms with Crippen LogP contribution in [0.3, 0.4) is 0 Å². The van der Waals surface area contributed by atoms with Gasteiger partial charge < -0.3 is 19.5 Å². The maximum atomic E-state index is 12.7. The van der Waals surface area contributed by atoms with Crippen LogP contribution in [0.25, 0.3) is 0 Å². The monoisotopic (exact) mass is 335 g/mol. The molecule has 0 bridgehead atoms. The quantitative estimate of drug-likeness (QED) is 0.867.